The van der Waals surface area contributed by atoms with Crippen LogP contribution >= 0.6 is 0 Å². The van der Waals surface area contributed by atoms with Crippen molar-refractivity contribution in [2.75, 3.05) is 19.8 Å². The number of carboxylic acids is 1. The number of ether oxygens (including phenoxy) is 1. The lowest BCUT2D eigenvalue weighted by atomic mass is 9.97. The standard InChI is InChI=1S/C13H26N2O4/c1-4-6-9-19-10-8-14-12(18)15-13(3,7-5-2)11(16)17/h4-10H2,1-3H3,(H,16,17)(H2,14,15,18). The minimum atomic E-state index is -1.22. The van der Waals surface area contributed by atoms with Crippen LogP contribution in [0.3, 0.4) is 0 Å². The molecule has 0 bridgehead atoms. The fraction of sp³-hybridized carbons (Fsp3) is 0.846. The summed E-state index contributed by atoms with van der Waals surface area (Å²) in [6, 6.07) is -0.475. The topological polar surface area (TPSA) is 87.7 Å². The van der Waals surface area contributed by atoms with Crippen LogP contribution in [-0.4, -0.2) is 42.4 Å². The highest BCUT2D eigenvalue weighted by atomic mass is 16.5. The molecule has 1 atom stereocenters. The molecule has 0 spiro atoms. The van der Waals surface area contributed by atoms with Crippen molar-refractivity contribution < 1.29 is 19.4 Å². The van der Waals surface area contributed by atoms with Gasteiger partial charge in [-0.25, -0.2) is 9.59 Å². The molecule has 19 heavy (non-hydrogen) atoms. The van der Waals surface area contributed by atoms with Crippen molar-refractivity contribution in [3.05, 3.63) is 0 Å². The van der Waals surface area contributed by atoms with Gasteiger partial charge < -0.3 is 20.5 Å². The quantitative estimate of drug-likeness (QED) is 0.530. The largest absolute Gasteiger partial charge is 0.480 e. The molecule has 0 radical (unpaired) electrons. The number of hydrogen-bond acceptors (Lipinski definition) is 3. The number of carbonyl (C=O) groups is 2. The number of hydrogen-bond donors (Lipinski definition) is 3. The Morgan fingerprint density at radius 2 is 1.89 bits per heavy atom. The van der Waals surface area contributed by atoms with Gasteiger partial charge in [0.1, 0.15) is 5.54 Å². The Labute approximate surface area is 114 Å². The van der Waals surface area contributed by atoms with Crippen LogP contribution < -0.4 is 10.6 Å². The van der Waals surface area contributed by atoms with Crippen LogP contribution in [0.2, 0.25) is 0 Å². The summed E-state index contributed by atoms with van der Waals surface area (Å²) in [7, 11) is 0. The fourth-order valence-electron chi connectivity index (χ4n) is 1.60. The summed E-state index contributed by atoms with van der Waals surface area (Å²) in [5.74, 6) is -1.02. The maximum absolute atomic E-state index is 11.6. The van der Waals surface area contributed by atoms with E-state index < -0.39 is 17.5 Å². The number of aliphatic carboxylic acids is 1. The molecule has 2 amide bonds. The molecule has 0 rings (SSSR count). The van der Waals surface area contributed by atoms with Gasteiger partial charge in [0, 0.05) is 13.2 Å². The molecule has 0 aromatic rings. The van der Waals surface area contributed by atoms with E-state index in [0.717, 1.165) is 12.8 Å². The van der Waals surface area contributed by atoms with Crippen LogP contribution in [0.25, 0.3) is 0 Å². The minimum absolute atomic E-state index is 0.372. The van der Waals surface area contributed by atoms with Crippen molar-refractivity contribution in [1.29, 1.82) is 0 Å². The Kier molecular flexibility index (Phi) is 8.95. The Hall–Kier alpha value is -1.30. The minimum Gasteiger partial charge on any atom is -0.480 e. The summed E-state index contributed by atoms with van der Waals surface area (Å²) in [5, 5.41) is 14.2. The van der Waals surface area contributed by atoms with Gasteiger partial charge in [0.2, 0.25) is 0 Å². The number of amides is 2. The summed E-state index contributed by atoms with van der Waals surface area (Å²) >= 11 is 0. The highest BCUT2D eigenvalue weighted by Crippen LogP contribution is 2.12. The third kappa shape index (κ3) is 7.66. The van der Waals surface area contributed by atoms with Gasteiger partial charge in [-0.1, -0.05) is 26.7 Å². The molecule has 0 aromatic heterocycles. The predicted molar refractivity (Wildman–Crippen MR) is 73.2 cm³/mol. The summed E-state index contributed by atoms with van der Waals surface area (Å²) in [5.41, 5.74) is -1.22. The molecule has 3 N–H and O–H groups in total. The lowest BCUT2D eigenvalue weighted by Gasteiger charge is -2.25. The van der Waals surface area contributed by atoms with Gasteiger partial charge in [0.05, 0.1) is 6.61 Å². The molecule has 6 nitrogen and oxygen atoms in total. The smallest absolute Gasteiger partial charge is 0.329 e. The van der Waals surface area contributed by atoms with E-state index >= 15 is 0 Å². The first-order chi connectivity index (χ1) is 8.96. The summed E-state index contributed by atoms with van der Waals surface area (Å²) in [6.45, 7) is 6.96. The second kappa shape index (κ2) is 9.61. The van der Waals surface area contributed by atoms with Gasteiger partial charge in [-0.2, -0.15) is 0 Å². The van der Waals surface area contributed by atoms with Crippen LogP contribution in [-0.2, 0) is 9.53 Å². The lowest BCUT2D eigenvalue weighted by Crippen LogP contribution is -2.55. The zero-order valence-electron chi connectivity index (χ0n) is 12.1. The van der Waals surface area contributed by atoms with Crippen LogP contribution in [0.1, 0.15) is 46.5 Å². The normalized spacial score (nSPS) is 13.6. The average Bonchev–Trinajstić information content (AvgIpc) is 2.33. The number of unbranched alkanes of at least 4 members (excludes halogenated alkanes) is 1. The highest BCUT2D eigenvalue weighted by Gasteiger charge is 2.33. The van der Waals surface area contributed by atoms with E-state index in [1.165, 1.54) is 6.92 Å². The summed E-state index contributed by atoms with van der Waals surface area (Å²) in [6.07, 6.45) is 3.15. The number of rotatable bonds is 10. The molecule has 1 unspecified atom stereocenters. The van der Waals surface area contributed by atoms with E-state index in [0.29, 0.717) is 32.6 Å². The molecule has 6 heteroatoms. The Bertz CT molecular complexity index is 284. The monoisotopic (exact) mass is 274 g/mol. The van der Waals surface area contributed by atoms with Crippen molar-refractivity contribution >= 4 is 12.0 Å². The number of nitrogens with one attached hydrogen (secondary N) is 2. The van der Waals surface area contributed by atoms with E-state index in [1.807, 2.05) is 6.92 Å². The van der Waals surface area contributed by atoms with Crippen LogP contribution in [0.5, 0.6) is 0 Å². The fourth-order valence-corrected chi connectivity index (χ4v) is 1.60. The van der Waals surface area contributed by atoms with Gasteiger partial charge in [0.25, 0.3) is 0 Å². The maximum atomic E-state index is 11.6. The Balaban J connectivity index is 3.91. The van der Waals surface area contributed by atoms with Gasteiger partial charge in [-0.3, -0.25) is 0 Å². The van der Waals surface area contributed by atoms with Gasteiger partial charge in [-0.15, -0.1) is 0 Å². The summed E-state index contributed by atoms with van der Waals surface area (Å²) in [4.78, 5) is 22.7. The first-order valence-corrected chi connectivity index (χ1v) is 6.83. The van der Waals surface area contributed by atoms with Gasteiger partial charge >= 0.3 is 12.0 Å². The second-order valence-corrected chi connectivity index (χ2v) is 4.73. The first kappa shape index (κ1) is 17.7. The molecular weight excluding hydrogens is 248 g/mol. The Morgan fingerprint density at radius 1 is 1.21 bits per heavy atom. The molecular formula is C13H26N2O4. The van der Waals surface area contributed by atoms with Crippen molar-refractivity contribution in [3.8, 4) is 0 Å². The second-order valence-electron chi connectivity index (χ2n) is 4.73. The maximum Gasteiger partial charge on any atom is 0.329 e. The van der Waals surface area contributed by atoms with Crippen LogP contribution in [0.15, 0.2) is 0 Å². The zero-order chi connectivity index (χ0) is 14.7. The molecule has 0 saturated heterocycles. The summed E-state index contributed by atoms with van der Waals surface area (Å²) < 4.78 is 5.29. The lowest BCUT2D eigenvalue weighted by molar-refractivity contribution is -0.144. The molecule has 0 aromatic carbocycles. The molecule has 0 aliphatic heterocycles. The van der Waals surface area contributed by atoms with E-state index in [1.54, 1.807) is 0 Å². The molecule has 0 aliphatic rings. The number of carboxylic acid groups (broad SMARTS) is 1. The van der Waals surface area contributed by atoms with Gasteiger partial charge in [-0.05, 0) is 19.8 Å². The third-order valence-corrected chi connectivity index (χ3v) is 2.79. The van der Waals surface area contributed by atoms with E-state index in [9.17, 15) is 9.59 Å². The molecule has 112 valence electrons. The Morgan fingerprint density at radius 3 is 2.42 bits per heavy atom. The highest BCUT2D eigenvalue weighted by molar-refractivity contribution is 5.85. The first-order valence-electron chi connectivity index (χ1n) is 6.83. The molecule has 0 fully saturated rings. The zero-order valence-corrected chi connectivity index (χ0v) is 12.1. The van der Waals surface area contributed by atoms with Crippen molar-refractivity contribution in [1.82, 2.24) is 10.6 Å². The van der Waals surface area contributed by atoms with Gasteiger partial charge in [0.15, 0.2) is 0 Å². The molecule has 0 aliphatic carbocycles. The molecule has 0 heterocycles. The number of carbonyl (C=O) groups excluding carboxylic acids is 1. The SMILES string of the molecule is CCCCOCCNC(=O)NC(C)(CCC)C(=O)O. The van der Waals surface area contributed by atoms with Crippen LogP contribution in [0.4, 0.5) is 4.79 Å². The third-order valence-electron chi connectivity index (χ3n) is 2.79. The van der Waals surface area contributed by atoms with E-state index in [-0.39, 0.29) is 0 Å². The van der Waals surface area contributed by atoms with E-state index in [4.69, 9.17) is 9.84 Å². The predicted octanol–water partition coefficient (Wildman–Crippen LogP) is 1.75. The van der Waals surface area contributed by atoms with Crippen molar-refractivity contribution in [3.63, 3.8) is 0 Å². The molecule has 0 saturated carbocycles. The van der Waals surface area contributed by atoms with E-state index in [2.05, 4.69) is 17.6 Å². The van der Waals surface area contributed by atoms with Crippen LogP contribution in [0, 0.1) is 0 Å². The number of urea groups is 1. The van der Waals surface area contributed by atoms with Crippen molar-refractivity contribution in [2.45, 2.75) is 52.0 Å². The van der Waals surface area contributed by atoms with Crippen molar-refractivity contribution in [2.24, 2.45) is 0 Å². The average molecular weight is 274 g/mol.